The predicted octanol–water partition coefficient (Wildman–Crippen LogP) is 1.95. The molecule has 0 spiro atoms. The molecule has 4 nitrogen and oxygen atoms in total. The van der Waals surface area contributed by atoms with E-state index in [1.165, 1.54) is 0 Å². The molecule has 4 heteroatoms. The van der Waals surface area contributed by atoms with Crippen molar-refractivity contribution in [2.75, 3.05) is 14.2 Å². The zero-order valence-corrected chi connectivity index (χ0v) is 10.1. The quantitative estimate of drug-likeness (QED) is 0.749. The van der Waals surface area contributed by atoms with Crippen molar-refractivity contribution in [2.45, 2.75) is 25.4 Å². The smallest absolute Gasteiger partial charge is 0.306 e. The number of methoxy groups -OCH3 is 2. The Bertz CT molecular complexity index is 414. The van der Waals surface area contributed by atoms with Gasteiger partial charge in [0.25, 0.3) is 0 Å². The van der Waals surface area contributed by atoms with Crippen molar-refractivity contribution in [3.8, 4) is 11.5 Å². The molecule has 92 valence electrons. The Morgan fingerprint density at radius 2 is 2.06 bits per heavy atom. The lowest BCUT2D eigenvalue weighted by molar-refractivity contribution is -0.141. The molecule has 1 heterocycles. The summed E-state index contributed by atoms with van der Waals surface area (Å²) in [5.74, 6) is 1.31. The number of carbonyl (C=O) groups is 1. The van der Waals surface area contributed by atoms with Gasteiger partial charge in [-0.05, 0) is 24.1 Å². The number of carbonyl (C=O) groups excluding carboxylic acids is 1. The molecule has 2 rings (SSSR count). The predicted molar refractivity (Wildman–Crippen MR) is 62.4 cm³/mol. The Morgan fingerprint density at radius 3 is 2.65 bits per heavy atom. The second-order valence-corrected chi connectivity index (χ2v) is 4.04. The molecular formula is C13H16O4. The Labute approximate surface area is 100 Å². The highest BCUT2D eigenvalue weighted by atomic mass is 16.5. The van der Waals surface area contributed by atoms with E-state index in [0.717, 1.165) is 18.4 Å². The lowest BCUT2D eigenvalue weighted by Gasteiger charge is -2.12. The van der Waals surface area contributed by atoms with Gasteiger partial charge in [-0.1, -0.05) is 6.07 Å². The monoisotopic (exact) mass is 236 g/mol. The Morgan fingerprint density at radius 1 is 1.29 bits per heavy atom. The van der Waals surface area contributed by atoms with Crippen LogP contribution in [0.5, 0.6) is 11.5 Å². The summed E-state index contributed by atoms with van der Waals surface area (Å²) in [5, 5.41) is 0. The van der Waals surface area contributed by atoms with Gasteiger partial charge in [0.15, 0.2) is 11.5 Å². The Balaban J connectivity index is 2.08. The second-order valence-electron chi connectivity index (χ2n) is 4.04. The number of rotatable bonds is 4. The number of benzene rings is 1. The molecule has 1 atom stereocenters. The van der Waals surface area contributed by atoms with Crippen LogP contribution in [-0.2, 0) is 16.0 Å². The largest absolute Gasteiger partial charge is 0.493 e. The summed E-state index contributed by atoms with van der Waals surface area (Å²) in [6, 6.07) is 5.75. The first kappa shape index (κ1) is 11.8. The average molecular weight is 236 g/mol. The summed E-state index contributed by atoms with van der Waals surface area (Å²) in [6.07, 6.45) is 2.05. The van der Waals surface area contributed by atoms with Crippen LogP contribution in [0.15, 0.2) is 18.2 Å². The number of hydrogen-bond donors (Lipinski definition) is 0. The minimum atomic E-state index is -0.101. The summed E-state index contributed by atoms with van der Waals surface area (Å²) in [7, 11) is 3.22. The molecule has 1 aliphatic rings. The van der Waals surface area contributed by atoms with Gasteiger partial charge in [0, 0.05) is 12.8 Å². The lowest BCUT2D eigenvalue weighted by Crippen LogP contribution is -2.10. The zero-order chi connectivity index (χ0) is 12.3. The fourth-order valence-electron chi connectivity index (χ4n) is 2.00. The van der Waals surface area contributed by atoms with Crippen LogP contribution in [0.25, 0.3) is 0 Å². The van der Waals surface area contributed by atoms with Crippen LogP contribution in [0.4, 0.5) is 0 Å². The SMILES string of the molecule is COc1ccc(CC2CCC(=O)O2)cc1OC. The van der Waals surface area contributed by atoms with Crippen molar-refractivity contribution < 1.29 is 19.0 Å². The minimum Gasteiger partial charge on any atom is -0.493 e. The number of ether oxygens (including phenoxy) is 3. The first-order chi connectivity index (χ1) is 8.22. The molecule has 0 bridgehead atoms. The van der Waals surface area contributed by atoms with Crippen LogP contribution in [0.1, 0.15) is 18.4 Å². The second kappa shape index (κ2) is 5.08. The van der Waals surface area contributed by atoms with Crippen molar-refractivity contribution >= 4 is 5.97 Å². The van der Waals surface area contributed by atoms with Crippen molar-refractivity contribution in [1.82, 2.24) is 0 Å². The number of esters is 1. The normalized spacial score (nSPS) is 18.9. The highest BCUT2D eigenvalue weighted by Crippen LogP contribution is 2.29. The molecule has 0 amide bonds. The van der Waals surface area contributed by atoms with Crippen LogP contribution in [0.2, 0.25) is 0 Å². The maximum Gasteiger partial charge on any atom is 0.306 e. The first-order valence-electron chi connectivity index (χ1n) is 5.63. The van der Waals surface area contributed by atoms with Crippen molar-refractivity contribution in [3.63, 3.8) is 0 Å². The van der Waals surface area contributed by atoms with Gasteiger partial charge in [0.1, 0.15) is 6.10 Å². The maximum absolute atomic E-state index is 11.0. The van der Waals surface area contributed by atoms with Crippen LogP contribution in [-0.4, -0.2) is 26.3 Å². The maximum atomic E-state index is 11.0. The molecule has 0 aliphatic carbocycles. The van der Waals surface area contributed by atoms with Gasteiger partial charge in [0.05, 0.1) is 14.2 Å². The molecule has 0 radical (unpaired) electrons. The van der Waals surface area contributed by atoms with Gasteiger partial charge in [-0.2, -0.15) is 0 Å². The number of hydrogen-bond acceptors (Lipinski definition) is 4. The third-order valence-electron chi connectivity index (χ3n) is 2.88. The summed E-state index contributed by atoms with van der Waals surface area (Å²) in [5.41, 5.74) is 1.09. The van der Waals surface area contributed by atoms with E-state index in [2.05, 4.69) is 0 Å². The fourth-order valence-corrected chi connectivity index (χ4v) is 2.00. The molecule has 0 saturated carbocycles. The first-order valence-corrected chi connectivity index (χ1v) is 5.63. The molecule has 1 fully saturated rings. The highest BCUT2D eigenvalue weighted by molar-refractivity contribution is 5.71. The Kier molecular flexibility index (Phi) is 3.52. The zero-order valence-electron chi connectivity index (χ0n) is 10.1. The molecule has 1 aromatic rings. The molecule has 1 saturated heterocycles. The van der Waals surface area contributed by atoms with E-state index in [1.807, 2.05) is 18.2 Å². The van der Waals surface area contributed by atoms with E-state index >= 15 is 0 Å². The van der Waals surface area contributed by atoms with E-state index in [1.54, 1.807) is 14.2 Å². The van der Waals surface area contributed by atoms with Crippen LogP contribution in [0, 0.1) is 0 Å². The molecule has 1 aliphatic heterocycles. The molecule has 0 aromatic heterocycles. The van der Waals surface area contributed by atoms with Crippen molar-refractivity contribution in [1.29, 1.82) is 0 Å². The van der Waals surface area contributed by atoms with Gasteiger partial charge >= 0.3 is 5.97 Å². The Hall–Kier alpha value is -1.71. The van der Waals surface area contributed by atoms with Crippen LogP contribution in [0.3, 0.4) is 0 Å². The fraction of sp³-hybridized carbons (Fsp3) is 0.462. The van der Waals surface area contributed by atoms with Gasteiger partial charge in [-0.25, -0.2) is 0 Å². The van der Waals surface area contributed by atoms with E-state index in [0.29, 0.717) is 17.9 Å². The minimum absolute atomic E-state index is 0.000557. The topological polar surface area (TPSA) is 44.8 Å². The highest BCUT2D eigenvalue weighted by Gasteiger charge is 2.23. The molecule has 1 aromatic carbocycles. The van der Waals surface area contributed by atoms with Crippen LogP contribution < -0.4 is 9.47 Å². The average Bonchev–Trinajstić information content (AvgIpc) is 2.74. The van der Waals surface area contributed by atoms with Gasteiger partial charge in [0.2, 0.25) is 0 Å². The van der Waals surface area contributed by atoms with Crippen molar-refractivity contribution in [3.05, 3.63) is 23.8 Å². The van der Waals surface area contributed by atoms with E-state index in [9.17, 15) is 4.79 Å². The molecule has 1 unspecified atom stereocenters. The van der Waals surface area contributed by atoms with Gasteiger partial charge < -0.3 is 14.2 Å². The molecule has 0 N–H and O–H groups in total. The van der Waals surface area contributed by atoms with Crippen molar-refractivity contribution in [2.24, 2.45) is 0 Å². The van der Waals surface area contributed by atoms with E-state index in [-0.39, 0.29) is 12.1 Å². The summed E-state index contributed by atoms with van der Waals surface area (Å²) < 4.78 is 15.6. The lowest BCUT2D eigenvalue weighted by atomic mass is 10.1. The third kappa shape index (κ3) is 2.70. The summed E-state index contributed by atoms with van der Waals surface area (Å²) in [6.45, 7) is 0. The summed E-state index contributed by atoms with van der Waals surface area (Å²) in [4.78, 5) is 11.0. The number of cyclic esters (lactones) is 1. The van der Waals surface area contributed by atoms with Gasteiger partial charge in [-0.15, -0.1) is 0 Å². The standard InChI is InChI=1S/C13H16O4/c1-15-11-5-3-9(8-12(11)16-2)7-10-4-6-13(14)17-10/h3,5,8,10H,4,6-7H2,1-2H3. The molecular weight excluding hydrogens is 220 g/mol. The van der Waals surface area contributed by atoms with Gasteiger partial charge in [-0.3, -0.25) is 4.79 Å². The molecule has 17 heavy (non-hydrogen) atoms. The van der Waals surface area contributed by atoms with E-state index < -0.39 is 0 Å². The van der Waals surface area contributed by atoms with E-state index in [4.69, 9.17) is 14.2 Å². The summed E-state index contributed by atoms with van der Waals surface area (Å²) >= 11 is 0. The van der Waals surface area contributed by atoms with Crippen LogP contribution >= 0.6 is 0 Å². The third-order valence-corrected chi connectivity index (χ3v) is 2.88.